The number of Topliss-reactive ketones (excluding diaryl/α,β-unsaturated/α-hetero) is 1. The van der Waals surface area contributed by atoms with Gasteiger partial charge in [0.05, 0.1) is 32.3 Å². The van der Waals surface area contributed by atoms with E-state index in [2.05, 4.69) is 0 Å². The van der Waals surface area contributed by atoms with Crippen LogP contribution in [0.1, 0.15) is 56.1 Å². The minimum absolute atomic E-state index is 0.0160. The Morgan fingerprint density at radius 2 is 1.74 bits per heavy atom. The first-order valence-corrected chi connectivity index (χ1v) is 12.2. The van der Waals surface area contributed by atoms with E-state index < -0.39 is 17.8 Å². The van der Waals surface area contributed by atoms with Crippen molar-refractivity contribution in [1.29, 1.82) is 0 Å². The number of hydrogen-bond acceptors (Lipinski definition) is 6. The number of allylic oxidation sites excluding steroid dienone is 1. The molecule has 1 saturated carbocycles. The molecular weight excluding hydrogens is 466 g/mol. The lowest BCUT2D eigenvalue weighted by molar-refractivity contribution is -0.136. The van der Waals surface area contributed by atoms with Gasteiger partial charge in [-0.05, 0) is 61.1 Å². The van der Waals surface area contributed by atoms with Crippen LogP contribution in [0.4, 0.5) is 0 Å². The van der Waals surface area contributed by atoms with Crippen molar-refractivity contribution < 1.29 is 23.8 Å². The Morgan fingerprint density at radius 1 is 1.03 bits per heavy atom. The number of halogens is 1. The highest BCUT2D eigenvalue weighted by Gasteiger charge is 2.46. The first-order chi connectivity index (χ1) is 16.9. The molecule has 7 heteroatoms. The second-order valence-corrected chi connectivity index (χ2v) is 9.37. The van der Waals surface area contributed by atoms with Crippen molar-refractivity contribution in [2.24, 2.45) is 10.9 Å². The molecule has 2 aromatic carbocycles. The van der Waals surface area contributed by atoms with Crippen LogP contribution in [0, 0.1) is 5.92 Å². The van der Waals surface area contributed by atoms with E-state index >= 15 is 0 Å². The Labute approximate surface area is 210 Å². The molecule has 1 aliphatic heterocycles. The molecule has 0 amide bonds. The summed E-state index contributed by atoms with van der Waals surface area (Å²) >= 11 is 6.06. The number of ketones is 1. The highest BCUT2D eigenvalue weighted by Crippen LogP contribution is 2.47. The molecule has 35 heavy (non-hydrogen) atoms. The molecule has 3 atom stereocenters. The van der Waals surface area contributed by atoms with Gasteiger partial charge in [0, 0.05) is 28.8 Å². The molecule has 0 N–H and O–H groups in total. The number of rotatable bonds is 7. The van der Waals surface area contributed by atoms with Crippen LogP contribution >= 0.6 is 11.6 Å². The molecule has 2 aliphatic rings. The van der Waals surface area contributed by atoms with Crippen LogP contribution in [-0.4, -0.2) is 38.3 Å². The van der Waals surface area contributed by atoms with E-state index in [0.717, 1.165) is 23.3 Å². The first-order valence-electron chi connectivity index (χ1n) is 11.8. The van der Waals surface area contributed by atoms with E-state index in [9.17, 15) is 9.59 Å². The fourth-order valence-corrected chi connectivity index (χ4v) is 5.22. The quantitative estimate of drug-likeness (QED) is 0.448. The normalized spacial score (nSPS) is 21.8. The van der Waals surface area contributed by atoms with Crippen LogP contribution in [-0.2, 0) is 14.3 Å². The highest BCUT2D eigenvalue weighted by molar-refractivity contribution is 6.30. The lowest BCUT2D eigenvalue weighted by atomic mass is 9.66. The van der Waals surface area contributed by atoms with Gasteiger partial charge in [0.2, 0.25) is 0 Å². The van der Waals surface area contributed by atoms with Gasteiger partial charge in [0.25, 0.3) is 0 Å². The van der Waals surface area contributed by atoms with E-state index in [1.807, 2.05) is 49.4 Å². The third-order valence-corrected chi connectivity index (χ3v) is 6.96. The van der Waals surface area contributed by atoms with Crippen molar-refractivity contribution in [3.63, 3.8) is 0 Å². The minimum Gasteiger partial charge on any atom is -0.493 e. The number of aliphatic imine (C=N–C) groups is 1. The molecule has 0 aromatic heterocycles. The summed E-state index contributed by atoms with van der Waals surface area (Å²) in [6.45, 7) is 4.40. The summed E-state index contributed by atoms with van der Waals surface area (Å²) in [6.07, 6.45) is 1.87. The number of carbonyl (C=O) groups excluding carboxylic acids is 2. The summed E-state index contributed by atoms with van der Waals surface area (Å²) in [5, 5.41) is 0.658. The third kappa shape index (κ3) is 4.98. The average Bonchev–Trinajstić information content (AvgIpc) is 2.86. The summed E-state index contributed by atoms with van der Waals surface area (Å²) in [6, 6.07) is 13.2. The molecule has 0 bridgehead atoms. The Bertz CT molecular complexity index is 1180. The van der Waals surface area contributed by atoms with Gasteiger partial charge in [0.1, 0.15) is 5.78 Å². The van der Waals surface area contributed by atoms with E-state index in [1.165, 1.54) is 7.11 Å². The zero-order chi connectivity index (χ0) is 25.1. The molecule has 1 fully saturated rings. The molecule has 184 valence electrons. The Balaban J connectivity index is 1.77. The summed E-state index contributed by atoms with van der Waals surface area (Å²) in [7, 11) is 2.93. The third-order valence-electron chi connectivity index (χ3n) is 6.71. The molecule has 0 saturated heterocycles. The predicted molar refractivity (Wildman–Crippen MR) is 136 cm³/mol. The second kappa shape index (κ2) is 10.6. The standard InChI is InChI=1S/C28H30ClNO5/c1-5-12-35-23-11-8-18(15-24(23)33-3)26-25(28(32)34-4)16(2)30-21-13-19(14-22(31)27(21)26)17-6-9-20(29)10-7-17/h6-11,15,19,26-27H,5,12-14H2,1-4H3/t19-,26+,27?/m1/s1. The molecule has 2 aromatic rings. The zero-order valence-corrected chi connectivity index (χ0v) is 21.2. The SMILES string of the molecule is CCCOc1ccc([C@H]2C(C(=O)OC)=C(C)N=C3C[C@@H](c4ccc(Cl)cc4)CC(=O)C32)cc1OC. The van der Waals surface area contributed by atoms with Crippen LogP contribution < -0.4 is 9.47 Å². The zero-order valence-electron chi connectivity index (χ0n) is 20.5. The van der Waals surface area contributed by atoms with Crippen molar-refractivity contribution in [3.05, 3.63) is 69.9 Å². The second-order valence-electron chi connectivity index (χ2n) is 8.93. The fraction of sp³-hybridized carbons (Fsp3) is 0.393. The number of methoxy groups -OCH3 is 2. The van der Waals surface area contributed by atoms with Gasteiger partial charge in [0.15, 0.2) is 11.5 Å². The monoisotopic (exact) mass is 495 g/mol. The number of ether oxygens (including phenoxy) is 3. The Hall–Kier alpha value is -3.12. The van der Waals surface area contributed by atoms with Crippen molar-refractivity contribution >= 4 is 29.1 Å². The molecule has 1 aliphatic carbocycles. The van der Waals surface area contributed by atoms with Gasteiger partial charge in [-0.25, -0.2) is 4.79 Å². The van der Waals surface area contributed by atoms with E-state index in [1.54, 1.807) is 14.0 Å². The average molecular weight is 496 g/mol. The number of carbonyl (C=O) groups is 2. The molecule has 6 nitrogen and oxygen atoms in total. The first kappa shape index (κ1) is 25.0. The smallest absolute Gasteiger partial charge is 0.336 e. The fourth-order valence-electron chi connectivity index (χ4n) is 5.09. The van der Waals surface area contributed by atoms with Gasteiger partial charge < -0.3 is 14.2 Å². The van der Waals surface area contributed by atoms with Crippen LogP contribution in [0.3, 0.4) is 0 Å². The van der Waals surface area contributed by atoms with Gasteiger partial charge in [-0.3, -0.25) is 9.79 Å². The molecule has 4 rings (SSSR count). The predicted octanol–water partition coefficient (Wildman–Crippen LogP) is 5.89. The number of fused-ring (bicyclic) bond motifs is 1. The van der Waals surface area contributed by atoms with Crippen molar-refractivity contribution in [1.82, 2.24) is 0 Å². The molecule has 0 spiro atoms. The summed E-state index contributed by atoms with van der Waals surface area (Å²) in [4.78, 5) is 31.3. The van der Waals surface area contributed by atoms with Crippen LogP contribution in [0.25, 0.3) is 0 Å². The maximum absolute atomic E-state index is 13.7. The summed E-state index contributed by atoms with van der Waals surface area (Å²) in [5.41, 5.74) is 3.62. The highest BCUT2D eigenvalue weighted by atomic mass is 35.5. The Morgan fingerprint density at radius 3 is 2.40 bits per heavy atom. The maximum atomic E-state index is 13.7. The van der Waals surface area contributed by atoms with Crippen molar-refractivity contribution in [3.8, 4) is 11.5 Å². The summed E-state index contributed by atoms with van der Waals surface area (Å²) in [5.74, 6) is -0.272. The molecule has 1 heterocycles. The largest absolute Gasteiger partial charge is 0.493 e. The number of hydrogen-bond donors (Lipinski definition) is 0. The van der Waals surface area contributed by atoms with E-state index in [-0.39, 0.29) is 11.7 Å². The van der Waals surface area contributed by atoms with Gasteiger partial charge in [-0.2, -0.15) is 0 Å². The van der Waals surface area contributed by atoms with Gasteiger partial charge in [-0.15, -0.1) is 0 Å². The number of benzene rings is 2. The Kier molecular flexibility index (Phi) is 7.60. The van der Waals surface area contributed by atoms with Gasteiger partial charge >= 0.3 is 5.97 Å². The van der Waals surface area contributed by atoms with Crippen LogP contribution in [0.5, 0.6) is 11.5 Å². The maximum Gasteiger partial charge on any atom is 0.336 e. The lowest BCUT2D eigenvalue weighted by Gasteiger charge is -2.38. The van der Waals surface area contributed by atoms with Crippen LogP contribution in [0.2, 0.25) is 5.02 Å². The van der Waals surface area contributed by atoms with Crippen LogP contribution in [0.15, 0.2) is 58.7 Å². The van der Waals surface area contributed by atoms with Gasteiger partial charge in [-0.1, -0.05) is 36.7 Å². The van der Waals surface area contributed by atoms with E-state index in [0.29, 0.717) is 47.2 Å². The van der Waals surface area contributed by atoms with E-state index in [4.69, 9.17) is 30.8 Å². The lowest BCUT2D eigenvalue weighted by Crippen LogP contribution is -2.41. The molecular formula is C28H30ClNO5. The minimum atomic E-state index is -0.538. The number of nitrogens with zero attached hydrogens (tertiary/aromatic N) is 1. The van der Waals surface area contributed by atoms with Crippen molar-refractivity contribution in [2.45, 2.75) is 44.9 Å². The summed E-state index contributed by atoms with van der Waals surface area (Å²) < 4.78 is 16.5. The molecule has 0 radical (unpaired) electrons. The number of esters is 1. The van der Waals surface area contributed by atoms with Crippen molar-refractivity contribution in [2.75, 3.05) is 20.8 Å². The molecule has 1 unspecified atom stereocenters. The topological polar surface area (TPSA) is 74.2 Å².